The number of nitrogens with one attached hydrogen (secondary N) is 2. The third kappa shape index (κ3) is 6.67. The molecule has 0 aromatic rings. The molecule has 0 saturated carbocycles. The van der Waals surface area contributed by atoms with Gasteiger partial charge in [-0.2, -0.15) is 0 Å². The molecule has 0 aromatic carbocycles. The summed E-state index contributed by atoms with van der Waals surface area (Å²) in [6.45, 7) is 11.9. The van der Waals surface area contributed by atoms with Gasteiger partial charge >= 0.3 is 0 Å². The van der Waals surface area contributed by atoms with Gasteiger partial charge in [-0.3, -0.25) is 4.79 Å². The van der Waals surface area contributed by atoms with Gasteiger partial charge in [0, 0.05) is 6.54 Å². The molecule has 1 unspecified atom stereocenters. The summed E-state index contributed by atoms with van der Waals surface area (Å²) in [6.07, 6.45) is 4.84. The van der Waals surface area contributed by atoms with Gasteiger partial charge in [-0.1, -0.05) is 40.0 Å². The summed E-state index contributed by atoms with van der Waals surface area (Å²) in [5.41, 5.74) is -0.461. The molecular weight excluding hydrogens is 212 g/mol. The molecule has 3 heteroatoms. The van der Waals surface area contributed by atoms with E-state index in [2.05, 4.69) is 24.5 Å². The molecule has 0 spiro atoms. The molecule has 0 saturated heterocycles. The van der Waals surface area contributed by atoms with Crippen molar-refractivity contribution < 1.29 is 4.79 Å². The smallest absolute Gasteiger partial charge is 0.239 e. The number of hydrogen-bond donors (Lipinski definition) is 2. The second-order valence-corrected chi connectivity index (χ2v) is 5.28. The topological polar surface area (TPSA) is 41.1 Å². The number of carbonyl (C=O) groups excluding carboxylic acids is 1. The van der Waals surface area contributed by atoms with E-state index in [-0.39, 0.29) is 5.91 Å². The summed E-state index contributed by atoms with van der Waals surface area (Å²) in [4.78, 5) is 12.0. The highest BCUT2D eigenvalue weighted by Gasteiger charge is 2.26. The van der Waals surface area contributed by atoms with Gasteiger partial charge in [-0.05, 0) is 32.7 Å². The average Bonchev–Trinajstić information content (AvgIpc) is 2.28. The van der Waals surface area contributed by atoms with Crippen LogP contribution >= 0.6 is 0 Å². The van der Waals surface area contributed by atoms with Crippen molar-refractivity contribution in [3.05, 3.63) is 0 Å². The summed E-state index contributed by atoms with van der Waals surface area (Å²) in [6, 6.07) is 0. The largest absolute Gasteiger partial charge is 0.354 e. The van der Waals surface area contributed by atoms with E-state index in [1.807, 2.05) is 20.8 Å². The third-order valence-electron chi connectivity index (χ3n) is 3.28. The second kappa shape index (κ2) is 8.51. The van der Waals surface area contributed by atoms with E-state index >= 15 is 0 Å². The SMILES string of the molecule is CCCCC(CC)CNC(=O)C(C)(C)NCC. The Kier molecular flexibility index (Phi) is 8.23. The van der Waals surface area contributed by atoms with Crippen LogP contribution in [0, 0.1) is 5.92 Å². The van der Waals surface area contributed by atoms with Crippen LogP contribution in [0.5, 0.6) is 0 Å². The number of hydrogen-bond acceptors (Lipinski definition) is 2. The Morgan fingerprint density at radius 2 is 1.88 bits per heavy atom. The van der Waals surface area contributed by atoms with Gasteiger partial charge in [0.2, 0.25) is 5.91 Å². The maximum Gasteiger partial charge on any atom is 0.239 e. The first kappa shape index (κ1) is 16.4. The van der Waals surface area contributed by atoms with Crippen LogP contribution in [-0.4, -0.2) is 24.5 Å². The fourth-order valence-corrected chi connectivity index (χ4v) is 1.92. The Hall–Kier alpha value is -0.570. The Balaban J connectivity index is 4.03. The maximum atomic E-state index is 12.0. The van der Waals surface area contributed by atoms with Crippen molar-refractivity contribution in [3.8, 4) is 0 Å². The van der Waals surface area contributed by atoms with Crippen molar-refractivity contribution >= 4 is 5.91 Å². The molecule has 1 amide bonds. The van der Waals surface area contributed by atoms with Crippen LogP contribution in [0.2, 0.25) is 0 Å². The summed E-state index contributed by atoms with van der Waals surface area (Å²) in [5, 5.41) is 6.26. The summed E-state index contributed by atoms with van der Waals surface area (Å²) in [7, 11) is 0. The fraction of sp³-hybridized carbons (Fsp3) is 0.929. The summed E-state index contributed by atoms with van der Waals surface area (Å²) < 4.78 is 0. The van der Waals surface area contributed by atoms with Crippen LogP contribution in [0.15, 0.2) is 0 Å². The molecule has 0 fully saturated rings. The van der Waals surface area contributed by atoms with Crippen molar-refractivity contribution in [2.45, 2.75) is 65.8 Å². The minimum absolute atomic E-state index is 0.106. The van der Waals surface area contributed by atoms with Crippen molar-refractivity contribution in [2.24, 2.45) is 5.92 Å². The summed E-state index contributed by atoms with van der Waals surface area (Å²) in [5.74, 6) is 0.727. The minimum atomic E-state index is -0.461. The zero-order chi connectivity index (χ0) is 13.3. The standard InChI is InChI=1S/C14H30N2O/c1-6-9-10-12(7-2)11-15-13(17)14(4,5)16-8-3/h12,16H,6-11H2,1-5H3,(H,15,17). The molecule has 3 nitrogen and oxygen atoms in total. The minimum Gasteiger partial charge on any atom is -0.354 e. The van der Waals surface area contributed by atoms with Crippen molar-refractivity contribution in [2.75, 3.05) is 13.1 Å². The van der Waals surface area contributed by atoms with Crippen molar-refractivity contribution in [3.63, 3.8) is 0 Å². The van der Waals surface area contributed by atoms with Crippen molar-refractivity contribution in [1.29, 1.82) is 0 Å². The molecule has 0 aliphatic heterocycles. The van der Waals surface area contributed by atoms with Crippen LogP contribution < -0.4 is 10.6 Å². The Labute approximate surface area is 107 Å². The van der Waals surface area contributed by atoms with Crippen molar-refractivity contribution in [1.82, 2.24) is 10.6 Å². The molecule has 0 heterocycles. The van der Waals surface area contributed by atoms with Crippen LogP contribution in [0.1, 0.15) is 60.3 Å². The predicted octanol–water partition coefficient (Wildman–Crippen LogP) is 2.71. The number of likely N-dealkylation sites (N-methyl/N-ethyl adjacent to an activating group) is 1. The van der Waals surface area contributed by atoms with Crippen LogP contribution in [0.25, 0.3) is 0 Å². The van der Waals surface area contributed by atoms with E-state index < -0.39 is 5.54 Å². The van der Waals surface area contributed by atoms with Gasteiger partial charge in [0.05, 0.1) is 5.54 Å². The predicted molar refractivity (Wildman–Crippen MR) is 74.1 cm³/mol. The Bertz CT molecular complexity index is 214. The zero-order valence-electron chi connectivity index (χ0n) is 12.2. The fourth-order valence-electron chi connectivity index (χ4n) is 1.92. The van der Waals surface area contributed by atoms with E-state index in [4.69, 9.17) is 0 Å². The number of carbonyl (C=O) groups is 1. The molecule has 0 radical (unpaired) electrons. The molecule has 1 atom stereocenters. The maximum absolute atomic E-state index is 12.0. The van der Waals surface area contributed by atoms with Gasteiger partial charge in [0.1, 0.15) is 0 Å². The van der Waals surface area contributed by atoms with Gasteiger partial charge < -0.3 is 10.6 Å². The zero-order valence-corrected chi connectivity index (χ0v) is 12.2. The van der Waals surface area contributed by atoms with E-state index in [0.717, 1.165) is 19.5 Å². The van der Waals surface area contributed by atoms with Gasteiger partial charge in [-0.15, -0.1) is 0 Å². The van der Waals surface area contributed by atoms with Gasteiger partial charge in [-0.25, -0.2) is 0 Å². The lowest BCUT2D eigenvalue weighted by atomic mass is 9.98. The number of unbranched alkanes of at least 4 members (excludes halogenated alkanes) is 1. The first-order valence-corrected chi connectivity index (χ1v) is 7.01. The molecule has 2 N–H and O–H groups in total. The number of rotatable bonds is 9. The van der Waals surface area contributed by atoms with E-state index in [0.29, 0.717) is 5.92 Å². The lowest BCUT2D eigenvalue weighted by Gasteiger charge is -2.26. The normalized spacial score (nSPS) is 13.5. The lowest BCUT2D eigenvalue weighted by molar-refractivity contribution is -0.126. The van der Waals surface area contributed by atoms with Gasteiger partial charge in [0.15, 0.2) is 0 Å². The van der Waals surface area contributed by atoms with Crippen LogP contribution in [0.4, 0.5) is 0 Å². The first-order valence-electron chi connectivity index (χ1n) is 7.01. The highest BCUT2D eigenvalue weighted by molar-refractivity contribution is 5.85. The molecule has 102 valence electrons. The Morgan fingerprint density at radius 3 is 2.35 bits per heavy atom. The van der Waals surface area contributed by atoms with Crippen LogP contribution in [-0.2, 0) is 4.79 Å². The number of amides is 1. The highest BCUT2D eigenvalue weighted by atomic mass is 16.2. The van der Waals surface area contributed by atoms with Crippen LogP contribution in [0.3, 0.4) is 0 Å². The average molecular weight is 242 g/mol. The molecular formula is C14H30N2O. The first-order chi connectivity index (χ1) is 7.97. The molecule has 0 aliphatic rings. The van der Waals surface area contributed by atoms with Gasteiger partial charge in [0.25, 0.3) is 0 Å². The van der Waals surface area contributed by atoms with E-state index in [1.165, 1.54) is 19.3 Å². The molecule has 0 aliphatic carbocycles. The van der Waals surface area contributed by atoms with E-state index in [1.54, 1.807) is 0 Å². The second-order valence-electron chi connectivity index (χ2n) is 5.28. The third-order valence-corrected chi connectivity index (χ3v) is 3.28. The highest BCUT2D eigenvalue weighted by Crippen LogP contribution is 2.12. The monoisotopic (exact) mass is 242 g/mol. The molecule has 17 heavy (non-hydrogen) atoms. The molecule has 0 aromatic heterocycles. The quantitative estimate of drug-likeness (QED) is 0.653. The van der Waals surface area contributed by atoms with E-state index in [9.17, 15) is 4.79 Å². The summed E-state index contributed by atoms with van der Waals surface area (Å²) >= 11 is 0. The Morgan fingerprint density at radius 1 is 1.24 bits per heavy atom. The lowest BCUT2D eigenvalue weighted by Crippen LogP contribution is -2.53. The molecule has 0 rings (SSSR count). The molecule has 0 bridgehead atoms.